The summed E-state index contributed by atoms with van der Waals surface area (Å²) in [7, 11) is 1.48. The third kappa shape index (κ3) is 17.3. The van der Waals surface area contributed by atoms with Gasteiger partial charge in [0, 0.05) is 13.6 Å². The first-order chi connectivity index (χ1) is 14.9. The third-order valence-electron chi connectivity index (χ3n) is 2.73. The minimum absolute atomic E-state index is 0.00527. The van der Waals surface area contributed by atoms with Gasteiger partial charge < -0.3 is 19.5 Å². The molecule has 0 aromatic heterocycles. The maximum absolute atomic E-state index is 12.1. The number of nitrogens with zero attached hydrogens (tertiary/aromatic N) is 2. The minimum atomic E-state index is -0.832. The summed E-state index contributed by atoms with van der Waals surface area (Å²) in [5, 5.41) is 7.37. The van der Waals surface area contributed by atoms with Crippen LogP contribution in [0.4, 0.5) is 14.4 Å². The van der Waals surface area contributed by atoms with Crippen molar-refractivity contribution in [2.24, 2.45) is 5.10 Å². The summed E-state index contributed by atoms with van der Waals surface area (Å²) in [5.41, 5.74) is 7.56. The van der Waals surface area contributed by atoms with Gasteiger partial charge in [-0.25, -0.2) is 36.1 Å². The van der Waals surface area contributed by atoms with Crippen molar-refractivity contribution in [1.29, 1.82) is 0 Å². The Bertz CT molecular complexity index is 679. The Balaban J connectivity index is 5.06. The molecule has 0 fully saturated rings. The number of guanidine groups is 1. The molecule has 0 aromatic carbocycles. The van der Waals surface area contributed by atoms with Crippen molar-refractivity contribution in [3.05, 3.63) is 0 Å². The molecular formula is C19H39N7O7. The average Bonchev–Trinajstić information content (AvgIpc) is 2.57. The molecule has 33 heavy (non-hydrogen) atoms. The molecule has 0 heterocycles. The van der Waals surface area contributed by atoms with Crippen molar-refractivity contribution in [3.8, 4) is 0 Å². The maximum atomic E-state index is 12.1. The topological polar surface area (TPSA) is 164 Å². The molecule has 0 radical (unpaired) electrons. The molecule has 0 rings (SSSR count). The zero-order chi connectivity index (χ0) is 25.9. The van der Waals surface area contributed by atoms with E-state index in [1.807, 2.05) is 0 Å². The van der Waals surface area contributed by atoms with Gasteiger partial charge in [0.15, 0.2) is 0 Å². The molecule has 0 unspecified atom stereocenters. The average molecular weight is 478 g/mol. The lowest BCUT2D eigenvalue weighted by Crippen LogP contribution is -2.58. The molecule has 0 aromatic rings. The van der Waals surface area contributed by atoms with Crippen molar-refractivity contribution in [1.82, 2.24) is 32.2 Å². The second-order valence-electron chi connectivity index (χ2n) is 9.60. The number of hydroxylamine groups is 1. The van der Waals surface area contributed by atoms with Gasteiger partial charge in [0.05, 0.1) is 6.61 Å². The van der Waals surface area contributed by atoms with Gasteiger partial charge in [-0.15, -0.1) is 5.10 Å². The molecule has 0 aliphatic rings. The number of carbonyl (C=O) groups excluding carboxylic acids is 3. The number of hydrazine groups is 2. The molecule has 14 nitrogen and oxygen atoms in total. The van der Waals surface area contributed by atoms with Crippen LogP contribution in [0.1, 0.15) is 62.3 Å². The Morgan fingerprint density at radius 1 is 0.788 bits per heavy atom. The second kappa shape index (κ2) is 12.9. The van der Waals surface area contributed by atoms with Crippen LogP contribution in [0.2, 0.25) is 0 Å². The number of nitrogens with one attached hydrogen (secondary N) is 5. The van der Waals surface area contributed by atoms with Crippen LogP contribution >= 0.6 is 0 Å². The van der Waals surface area contributed by atoms with E-state index in [0.717, 1.165) is 5.12 Å². The lowest BCUT2D eigenvalue weighted by molar-refractivity contribution is 0.0286. The zero-order valence-corrected chi connectivity index (χ0v) is 21.2. The summed E-state index contributed by atoms with van der Waals surface area (Å²) in [6.07, 6.45) is -2.23. The van der Waals surface area contributed by atoms with Gasteiger partial charge in [-0.2, -0.15) is 5.12 Å². The Morgan fingerprint density at radius 2 is 1.27 bits per heavy atom. The van der Waals surface area contributed by atoms with Crippen molar-refractivity contribution in [2.45, 2.75) is 79.1 Å². The molecule has 5 N–H and O–H groups in total. The van der Waals surface area contributed by atoms with Gasteiger partial charge in [-0.05, 0) is 62.3 Å². The summed E-state index contributed by atoms with van der Waals surface area (Å²) in [4.78, 5) is 41.0. The summed E-state index contributed by atoms with van der Waals surface area (Å²) >= 11 is 0. The van der Waals surface area contributed by atoms with Gasteiger partial charge in [0.25, 0.3) is 5.96 Å². The van der Waals surface area contributed by atoms with E-state index in [4.69, 9.17) is 19.0 Å². The van der Waals surface area contributed by atoms with Crippen LogP contribution < -0.4 is 27.1 Å². The first-order valence-corrected chi connectivity index (χ1v) is 10.3. The maximum Gasteiger partial charge on any atom is 0.428 e. The first-order valence-electron chi connectivity index (χ1n) is 10.3. The Kier molecular flexibility index (Phi) is 11.7. The van der Waals surface area contributed by atoms with Crippen LogP contribution in [0.5, 0.6) is 0 Å². The number of alkyl carbamates (subject to hydrolysis) is 1. The summed E-state index contributed by atoms with van der Waals surface area (Å²) in [6, 6.07) is 0. The fourth-order valence-corrected chi connectivity index (χ4v) is 1.76. The van der Waals surface area contributed by atoms with E-state index in [-0.39, 0.29) is 19.1 Å². The molecule has 14 heteroatoms. The fraction of sp³-hybridized carbons (Fsp3) is 0.789. The normalized spacial score (nSPS) is 12.4. The molecule has 0 bridgehead atoms. The number of carbonyl (C=O) groups is 3. The molecule has 3 amide bonds. The van der Waals surface area contributed by atoms with E-state index in [9.17, 15) is 14.4 Å². The standard InChI is InChI=1S/C19H39N7O7/c1-17(2,3)31-14(27)21-11-12-30-25-13(22-23-15(28)32-18(4,5)6)26(20-10)24-16(29)33-19(7,8)9/h20H,11-12H2,1-10H3,(H,21,27)(H,22,25)(H,23,28)(H,24,29). The summed E-state index contributed by atoms with van der Waals surface area (Å²) < 4.78 is 15.4. The number of hydrogen-bond donors (Lipinski definition) is 5. The van der Waals surface area contributed by atoms with Crippen molar-refractivity contribution in [3.63, 3.8) is 0 Å². The Labute approximate surface area is 195 Å². The van der Waals surface area contributed by atoms with E-state index < -0.39 is 35.1 Å². The number of rotatable bonds is 6. The van der Waals surface area contributed by atoms with Crippen LogP contribution in [0, 0.1) is 0 Å². The predicted molar refractivity (Wildman–Crippen MR) is 120 cm³/mol. The van der Waals surface area contributed by atoms with Gasteiger partial charge in [0.1, 0.15) is 16.8 Å². The molecule has 0 aliphatic heterocycles. The molecule has 0 spiro atoms. The smallest absolute Gasteiger partial charge is 0.428 e. The van der Waals surface area contributed by atoms with Crippen LogP contribution in [0.25, 0.3) is 0 Å². The van der Waals surface area contributed by atoms with Gasteiger partial charge >= 0.3 is 18.3 Å². The highest BCUT2D eigenvalue weighted by Gasteiger charge is 2.21. The molecule has 192 valence electrons. The van der Waals surface area contributed by atoms with Crippen molar-refractivity contribution in [2.75, 3.05) is 20.2 Å². The SMILES string of the molecule is CNN(NC(=O)OC(C)(C)C)C(=NNC(=O)OC(C)(C)C)NOCCNC(=O)OC(C)(C)C. The molecular weight excluding hydrogens is 438 g/mol. The van der Waals surface area contributed by atoms with Crippen LogP contribution in [0.3, 0.4) is 0 Å². The second-order valence-corrected chi connectivity index (χ2v) is 9.60. The lowest BCUT2D eigenvalue weighted by atomic mass is 10.2. The number of amides is 3. The van der Waals surface area contributed by atoms with E-state index in [0.29, 0.717) is 0 Å². The minimum Gasteiger partial charge on any atom is -0.444 e. The number of ether oxygens (including phenoxy) is 3. The van der Waals surface area contributed by atoms with Crippen LogP contribution in [-0.4, -0.2) is 66.4 Å². The number of hydrazone groups is 1. The molecule has 0 saturated heterocycles. The zero-order valence-electron chi connectivity index (χ0n) is 21.2. The first kappa shape index (κ1) is 30.0. The molecule has 0 aliphatic carbocycles. The van der Waals surface area contributed by atoms with Gasteiger partial charge in [-0.3, -0.25) is 4.84 Å². The predicted octanol–water partition coefficient (Wildman–Crippen LogP) is 1.70. The summed E-state index contributed by atoms with van der Waals surface area (Å²) in [6.45, 7) is 15.5. The fourth-order valence-electron chi connectivity index (χ4n) is 1.76. The molecule has 0 atom stereocenters. The third-order valence-corrected chi connectivity index (χ3v) is 2.73. The lowest BCUT2D eigenvalue weighted by Gasteiger charge is -2.27. The van der Waals surface area contributed by atoms with Crippen LogP contribution in [-0.2, 0) is 19.0 Å². The quantitative estimate of drug-likeness (QED) is 0.125. The van der Waals surface area contributed by atoms with E-state index in [1.54, 1.807) is 62.3 Å². The largest absolute Gasteiger partial charge is 0.444 e. The Hall–Kier alpha value is -3.00. The van der Waals surface area contributed by atoms with E-state index >= 15 is 0 Å². The highest BCUT2D eigenvalue weighted by molar-refractivity contribution is 5.82. The van der Waals surface area contributed by atoms with Crippen molar-refractivity contribution < 1.29 is 33.4 Å². The summed E-state index contributed by atoms with van der Waals surface area (Å²) in [5.74, 6) is -0.175. The Morgan fingerprint density at radius 3 is 1.76 bits per heavy atom. The van der Waals surface area contributed by atoms with Crippen LogP contribution in [0.15, 0.2) is 5.10 Å². The van der Waals surface area contributed by atoms with Crippen molar-refractivity contribution >= 4 is 24.2 Å². The highest BCUT2D eigenvalue weighted by Crippen LogP contribution is 2.08. The highest BCUT2D eigenvalue weighted by atomic mass is 16.7. The monoisotopic (exact) mass is 477 g/mol. The van der Waals surface area contributed by atoms with Gasteiger partial charge in [-0.1, -0.05) is 0 Å². The number of hydrogen-bond acceptors (Lipinski definition) is 9. The van der Waals surface area contributed by atoms with E-state index in [1.165, 1.54) is 7.05 Å². The molecule has 0 saturated carbocycles. The van der Waals surface area contributed by atoms with Gasteiger partial charge in [0.2, 0.25) is 0 Å². The van der Waals surface area contributed by atoms with E-state index in [2.05, 4.69) is 32.2 Å².